The van der Waals surface area contributed by atoms with Gasteiger partial charge in [-0.3, -0.25) is 10.1 Å². The van der Waals surface area contributed by atoms with Crippen molar-refractivity contribution in [2.45, 2.75) is 38.1 Å². The van der Waals surface area contributed by atoms with Gasteiger partial charge in [0, 0.05) is 11.1 Å². The fourth-order valence-electron chi connectivity index (χ4n) is 2.95. The molecule has 0 unspecified atom stereocenters. The maximum atomic E-state index is 11.9. The van der Waals surface area contributed by atoms with E-state index in [1.54, 1.807) is 12.1 Å². The molecule has 1 heterocycles. The molecule has 0 saturated heterocycles. The molecule has 26 heavy (non-hydrogen) atoms. The number of amides is 3. The summed E-state index contributed by atoms with van der Waals surface area (Å²) >= 11 is 12.1. The number of rotatable bonds is 4. The van der Waals surface area contributed by atoms with Gasteiger partial charge in [0.05, 0.1) is 15.9 Å². The lowest BCUT2D eigenvalue weighted by Gasteiger charge is -2.22. The van der Waals surface area contributed by atoms with E-state index in [0.717, 1.165) is 25.7 Å². The summed E-state index contributed by atoms with van der Waals surface area (Å²) in [7, 11) is 0. The van der Waals surface area contributed by atoms with Gasteiger partial charge in [-0.2, -0.15) is 0 Å². The van der Waals surface area contributed by atoms with Crippen molar-refractivity contribution >= 4 is 46.0 Å². The zero-order chi connectivity index (χ0) is 18.5. The van der Waals surface area contributed by atoms with E-state index in [2.05, 4.69) is 20.6 Å². The summed E-state index contributed by atoms with van der Waals surface area (Å²) in [6.07, 6.45) is 6.53. The van der Waals surface area contributed by atoms with Gasteiger partial charge in [-0.05, 0) is 25.0 Å². The van der Waals surface area contributed by atoms with Crippen molar-refractivity contribution in [2.75, 3.05) is 6.61 Å². The second kappa shape index (κ2) is 8.51. The number of hydrogen-bond donors (Lipinski definition) is 2. The zero-order valence-electron chi connectivity index (χ0n) is 13.9. The number of carbonyl (C=O) groups excluding carboxylic acids is 2. The summed E-state index contributed by atoms with van der Waals surface area (Å²) in [5.74, 6) is -0.402. The molecule has 1 aliphatic rings. The van der Waals surface area contributed by atoms with Crippen molar-refractivity contribution in [3.8, 4) is 5.88 Å². The number of hydrogen-bond acceptors (Lipinski definition) is 5. The normalized spacial score (nSPS) is 14.8. The minimum Gasteiger partial charge on any atom is -0.467 e. The van der Waals surface area contributed by atoms with Gasteiger partial charge in [0.1, 0.15) is 6.33 Å². The van der Waals surface area contributed by atoms with Crippen LogP contribution < -0.4 is 15.4 Å². The number of carbonyl (C=O) groups is 2. The zero-order valence-corrected chi connectivity index (χ0v) is 15.4. The molecule has 0 spiro atoms. The Hall–Kier alpha value is -2.12. The summed E-state index contributed by atoms with van der Waals surface area (Å²) in [4.78, 5) is 31.9. The van der Waals surface area contributed by atoms with Gasteiger partial charge in [0.2, 0.25) is 5.88 Å². The molecule has 7 nitrogen and oxygen atoms in total. The molecule has 2 N–H and O–H groups in total. The molecule has 0 aliphatic heterocycles. The number of nitrogens with zero attached hydrogens (tertiary/aromatic N) is 2. The van der Waals surface area contributed by atoms with E-state index >= 15 is 0 Å². The molecule has 0 bridgehead atoms. The minimum atomic E-state index is -0.571. The topological polar surface area (TPSA) is 93.2 Å². The maximum absolute atomic E-state index is 11.9. The quantitative estimate of drug-likeness (QED) is 0.824. The fraction of sp³-hybridized carbons (Fsp3) is 0.412. The van der Waals surface area contributed by atoms with Gasteiger partial charge in [-0.25, -0.2) is 14.8 Å². The van der Waals surface area contributed by atoms with Gasteiger partial charge < -0.3 is 10.1 Å². The highest BCUT2D eigenvalue weighted by Gasteiger charge is 2.17. The smallest absolute Gasteiger partial charge is 0.321 e. The number of halogens is 2. The van der Waals surface area contributed by atoms with E-state index in [4.69, 9.17) is 27.9 Å². The van der Waals surface area contributed by atoms with E-state index in [-0.39, 0.29) is 18.5 Å². The highest BCUT2D eigenvalue weighted by molar-refractivity contribution is 6.38. The summed E-state index contributed by atoms with van der Waals surface area (Å²) < 4.78 is 5.42. The lowest BCUT2D eigenvalue weighted by Crippen LogP contribution is -2.46. The lowest BCUT2D eigenvalue weighted by molar-refractivity contribution is -0.122. The summed E-state index contributed by atoms with van der Waals surface area (Å²) in [5, 5.41) is 6.31. The molecular weight excluding hydrogens is 379 g/mol. The highest BCUT2D eigenvalue weighted by atomic mass is 35.5. The first-order valence-electron chi connectivity index (χ1n) is 8.36. The van der Waals surface area contributed by atoms with Crippen molar-refractivity contribution in [3.63, 3.8) is 0 Å². The molecule has 3 amide bonds. The molecule has 9 heteroatoms. The second-order valence-electron chi connectivity index (χ2n) is 6.11. The minimum absolute atomic E-state index is 0.118. The molecule has 3 rings (SSSR count). The number of fused-ring (bicyclic) bond motifs is 1. The Bertz CT molecular complexity index is 825. The maximum Gasteiger partial charge on any atom is 0.321 e. The third kappa shape index (κ3) is 4.74. The van der Waals surface area contributed by atoms with Gasteiger partial charge >= 0.3 is 6.03 Å². The largest absolute Gasteiger partial charge is 0.467 e. The van der Waals surface area contributed by atoms with Crippen LogP contribution in [-0.4, -0.2) is 34.6 Å². The van der Waals surface area contributed by atoms with Crippen LogP contribution in [-0.2, 0) is 4.79 Å². The lowest BCUT2D eigenvalue weighted by atomic mass is 9.96. The van der Waals surface area contributed by atoms with E-state index in [1.807, 2.05) is 0 Å². The highest BCUT2D eigenvalue weighted by Crippen LogP contribution is 2.30. The Morgan fingerprint density at radius 2 is 1.92 bits per heavy atom. The summed E-state index contributed by atoms with van der Waals surface area (Å²) in [5.41, 5.74) is 0.469. The number of ether oxygens (including phenoxy) is 1. The number of imide groups is 1. The first-order chi connectivity index (χ1) is 12.5. The fourth-order valence-corrected chi connectivity index (χ4v) is 3.49. The van der Waals surface area contributed by atoms with Crippen LogP contribution in [0, 0.1) is 0 Å². The second-order valence-corrected chi connectivity index (χ2v) is 6.95. The van der Waals surface area contributed by atoms with Crippen LogP contribution in [0.4, 0.5) is 4.79 Å². The third-order valence-electron chi connectivity index (χ3n) is 4.15. The Morgan fingerprint density at radius 3 is 2.69 bits per heavy atom. The van der Waals surface area contributed by atoms with E-state index in [9.17, 15) is 9.59 Å². The number of urea groups is 1. The van der Waals surface area contributed by atoms with Crippen molar-refractivity contribution in [1.29, 1.82) is 0 Å². The van der Waals surface area contributed by atoms with Gasteiger partial charge in [0.25, 0.3) is 5.91 Å². The standard InChI is InChI=1S/C17H18Cl2N4O3/c18-10-6-12-15(13(19)7-10)20-9-21-16(12)26-8-14(24)23-17(25)22-11-4-2-1-3-5-11/h6-7,9,11H,1-5,8H2,(H2,22,23,24,25). The van der Waals surface area contributed by atoms with Crippen LogP contribution in [0.5, 0.6) is 5.88 Å². The van der Waals surface area contributed by atoms with Crippen molar-refractivity contribution in [2.24, 2.45) is 0 Å². The molecule has 2 aromatic rings. The average molecular weight is 397 g/mol. The van der Waals surface area contributed by atoms with Crippen molar-refractivity contribution in [3.05, 3.63) is 28.5 Å². The van der Waals surface area contributed by atoms with Crippen LogP contribution in [0.15, 0.2) is 18.5 Å². The van der Waals surface area contributed by atoms with Gasteiger partial charge in [-0.1, -0.05) is 42.5 Å². The van der Waals surface area contributed by atoms with Gasteiger partial charge in [0.15, 0.2) is 6.61 Å². The van der Waals surface area contributed by atoms with Crippen LogP contribution in [0.3, 0.4) is 0 Å². The summed E-state index contributed by atoms with van der Waals surface area (Å²) in [6.45, 7) is -0.367. The number of aromatic nitrogens is 2. The first-order valence-corrected chi connectivity index (χ1v) is 9.11. The SMILES string of the molecule is O=C(COc1ncnc2c(Cl)cc(Cl)cc12)NC(=O)NC1CCCCC1. The first kappa shape index (κ1) is 18.7. The molecule has 0 atom stereocenters. The summed E-state index contributed by atoms with van der Waals surface area (Å²) in [6, 6.07) is 2.77. The van der Waals surface area contributed by atoms with Crippen LogP contribution in [0.25, 0.3) is 10.9 Å². The van der Waals surface area contributed by atoms with Crippen molar-refractivity contribution in [1.82, 2.24) is 20.6 Å². The predicted octanol–water partition coefficient (Wildman–Crippen LogP) is 3.47. The van der Waals surface area contributed by atoms with Crippen LogP contribution in [0.2, 0.25) is 10.0 Å². The molecule has 1 aromatic carbocycles. The van der Waals surface area contributed by atoms with Crippen LogP contribution in [0.1, 0.15) is 32.1 Å². The Labute approximate surface area is 160 Å². The average Bonchev–Trinajstić information content (AvgIpc) is 2.60. The third-order valence-corrected chi connectivity index (χ3v) is 4.66. The van der Waals surface area contributed by atoms with E-state index in [1.165, 1.54) is 12.7 Å². The van der Waals surface area contributed by atoms with E-state index < -0.39 is 11.9 Å². The molecule has 0 radical (unpaired) electrons. The molecule has 1 saturated carbocycles. The molecule has 138 valence electrons. The Balaban J connectivity index is 1.57. The molecular formula is C17H18Cl2N4O3. The van der Waals surface area contributed by atoms with Crippen molar-refractivity contribution < 1.29 is 14.3 Å². The Kier molecular flexibility index (Phi) is 6.11. The molecule has 1 fully saturated rings. The number of benzene rings is 1. The van der Waals surface area contributed by atoms with Crippen LogP contribution >= 0.6 is 23.2 Å². The molecule has 1 aliphatic carbocycles. The number of nitrogens with one attached hydrogen (secondary N) is 2. The predicted molar refractivity (Wildman–Crippen MR) is 98.6 cm³/mol. The van der Waals surface area contributed by atoms with Gasteiger partial charge in [-0.15, -0.1) is 0 Å². The van der Waals surface area contributed by atoms with E-state index in [0.29, 0.717) is 20.9 Å². The monoisotopic (exact) mass is 396 g/mol. The Morgan fingerprint density at radius 1 is 1.15 bits per heavy atom. The molecule has 1 aromatic heterocycles.